The summed E-state index contributed by atoms with van der Waals surface area (Å²) in [4.78, 5) is 0. The first-order valence-corrected chi connectivity index (χ1v) is 4.47. The highest BCUT2D eigenvalue weighted by molar-refractivity contribution is 9.09. The van der Waals surface area contributed by atoms with Gasteiger partial charge < -0.3 is 0 Å². The van der Waals surface area contributed by atoms with Gasteiger partial charge in [-0.3, -0.25) is 0 Å². The Balaban J connectivity index is 2.53. The van der Waals surface area contributed by atoms with E-state index < -0.39 is 0 Å². The Hall–Kier alpha value is -0.0400. The normalized spacial score (nSPS) is 19.0. The number of hydrogen-bond acceptors (Lipinski definition) is 0. The van der Waals surface area contributed by atoms with Crippen molar-refractivity contribution in [1.29, 1.82) is 0 Å². The van der Waals surface area contributed by atoms with Crippen molar-refractivity contribution in [2.75, 3.05) is 5.33 Å². The fourth-order valence-electron chi connectivity index (χ4n) is 0.925. The lowest BCUT2D eigenvalue weighted by atomic mass is 10.2. The smallest absolute Gasteiger partial charge is 0.0279 e. The van der Waals surface area contributed by atoms with Crippen molar-refractivity contribution in [2.45, 2.75) is 19.3 Å². The fraction of sp³-hybridized carbons (Fsp3) is 0.500. The molecule has 0 saturated heterocycles. The lowest BCUT2D eigenvalue weighted by Gasteiger charge is -1.89. The monoisotopic (exact) mass is 186 g/mol. The van der Waals surface area contributed by atoms with Crippen LogP contribution in [0.25, 0.3) is 0 Å². The molecule has 0 bridgehead atoms. The molecule has 0 aromatic carbocycles. The molecule has 1 aliphatic carbocycles. The minimum Gasteiger partial charge on any atom is -0.0876 e. The molecule has 0 atom stereocenters. The predicted octanol–water partition coefficient (Wildman–Crippen LogP) is 3.05. The van der Waals surface area contributed by atoms with Gasteiger partial charge in [0.1, 0.15) is 0 Å². The third-order valence-electron chi connectivity index (χ3n) is 1.47. The summed E-state index contributed by atoms with van der Waals surface area (Å²) >= 11 is 3.43. The van der Waals surface area contributed by atoms with Crippen molar-refractivity contribution < 1.29 is 0 Å². The number of allylic oxidation sites excluding steroid dienone is 4. The van der Waals surface area contributed by atoms with E-state index in [0.29, 0.717) is 0 Å². The molecule has 0 amide bonds. The average Bonchev–Trinajstić information content (AvgIpc) is 2.13. The third-order valence-corrected chi connectivity index (χ3v) is 2.12. The van der Waals surface area contributed by atoms with E-state index in [2.05, 4.69) is 34.2 Å². The van der Waals surface area contributed by atoms with Crippen LogP contribution in [0.2, 0.25) is 0 Å². The van der Waals surface area contributed by atoms with Gasteiger partial charge in [0, 0.05) is 5.33 Å². The Kier molecular flexibility index (Phi) is 3.05. The van der Waals surface area contributed by atoms with E-state index in [-0.39, 0.29) is 0 Å². The molecule has 0 aromatic heterocycles. The second-order valence-corrected chi connectivity index (χ2v) is 2.81. The number of rotatable bonds is 1. The minimum absolute atomic E-state index is 1.00. The Morgan fingerprint density at radius 3 is 3.11 bits per heavy atom. The second kappa shape index (κ2) is 3.89. The quantitative estimate of drug-likeness (QED) is 0.553. The Labute approximate surface area is 64.8 Å². The van der Waals surface area contributed by atoms with Crippen molar-refractivity contribution in [3.8, 4) is 0 Å². The van der Waals surface area contributed by atoms with Gasteiger partial charge in [-0.15, -0.1) is 0 Å². The molecule has 0 N–H and O–H groups in total. The van der Waals surface area contributed by atoms with Crippen molar-refractivity contribution in [3.63, 3.8) is 0 Å². The Bertz CT molecular complexity index is 134. The second-order valence-electron chi connectivity index (χ2n) is 2.25. The third kappa shape index (κ3) is 2.35. The van der Waals surface area contributed by atoms with Gasteiger partial charge in [0.15, 0.2) is 0 Å². The molecule has 0 aromatic rings. The first kappa shape index (κ1) is 7.07. The maximum absolute atomic E-state index is 3.43. The predicted molar refractivity (Wildman–Crippen MR) is 44.9 cm³/mol. The van der Waals surface area contributed by atoms with Gasteiger partial charge in [0.25, 0.3) is 0 Å². The zero-order chi connectivity index (χ0) is 6.53. The van der Waals surface area contributed by atoms with E-state index in [9.17, 15) is 0 Å². The van der Waals surface area contributed by atoms with Crippen LogP contribution in [0.5, 0.6) is 0 Å². The van der Waals surface area contributed by atoms with Gasteiger partial charge in [0.2, 0.25) is 0 Å². The van der Waals surface area contributed by atoms with Crippen LogP contribution in [0.15, 0.2) is 23.8 Å². The SMILES string of the molecule is BrCC1=CCCCC=C1. The molecular formula is C8H11Br. The highest BCUT2D eigenvalue weighted by Crippen LogP contribution is 2.11. The van der Waals surface area contributed by atoms with E-state index in [1.807, 2.05) is 0 Å². The molecule has 0 spiro atoms. The molecule has 0 radical (unpaired) electrons. The van der Waals surface area contributed by atoms with Crippen LogP contribution in [0.1, 0.15) is 19.3 Å². The van der Waals surface area contributed by atoms with Crippen molar-refractivity contribution in [1.82, 2.24) is 0 Å². The summed E-state index contributed by atoms with van der Waals surface area (Å²) < 4.78 is 0. The van der Waals surface area contributed by atoms with Crippen molar-refractivity contribution in [2.24, 2.45) is 0 Å². The minimum atomic E-state index is 1.00. The van der Waals surface area contributed by atoms with Crippen LogP contribution >= 0.6 is 15.9 Å². The Morgan fingerprint density at radius 2 is 2.33 bits per heavy atom. The van der Waals surface area contributed by atoms with E-state index in [1.54, 1.807) is 0 Å². The van der Waals surface area contributed by atoms with Gasteiger partial charge in [-0.2, -0.15) is 0 Å². The summed E-state index contributed by atoms with van der Waals surface area (Å²) in [6, 6.07) is 0. The highest BCUT2D eigenvalue weighted by atomic mass is 79.9. The summed E-state index contributed by atoms with van der Waals surface area (Å²) in [5, 5.41) is 1.00. The van der Waals surface area contributed by atoms with Crippen LogP contribution in [0.4, 0.5) is 0 Å². The molecule has 0 saturated carbocycles. The molecule has 1 heteroatoms. The molecule has 50 valence electrons. The number of alkyl halides is 1. The zero-order valence-electron chi connectivity index (χ0n) is 5.44. The van der Waals surface area contributed by atoms with Gasteiger partial charge in [0.05, 0.1) is 0 Å². The number of halogens is 1. The molecule has 1 rings (SSSR count). The molecule has 1 aliphatic rings. The highest BCUT2D eigenvalue weighted by Gasteiger charge is 1.92. The lowest BCUT2D eigenvalue weighted by Crippen LogP contribution is -1.75. The topological polar surface area (TPSA) is 0 Å². The fourth-order valence-corrected chi connectivity index (χ4v) is 1.34. The first-order chi connectivity index (χ1) is 4.43. The molecule has 9 heavy (non-hydrogen) atoms. The van der Waals surface area contributed by atoms with Gasteiger partial charge in [-0.25, -0.2) is 0 Å². The average molecular weight is 187 g/mol. The first-order valence-electron chi connectivity index (χ1n) is 3.35. The maximum atomic E-state index is 3.43. The maximum Gasteiger partial charge on any atom is 0.0279 e. The largest absolute Gasteiger partial charge is 0.0876 e. The van der Waals surface area contributed by atoms with Gasteiger partial charge in [-0.05, 0) is 24.8 Å². The van der Waals surface area contributed by atoms with Crippen LogP contribution < -0.4 is 0 Å². The molecule has 0 nitrogen and oxygen atoms in total. The summed E-state index contributed by atoms with van der Waals surface area (Å²) in [5.74, 6) is 0. The summed E-state index contributed by atoms with van der Waals surface area (Å²) in [7, 11) is 0. The van der Waals surface area contributed by atoms with Crippen LogP contribution in [0, 0.1) is 0 Å². The van der Waals surface area contributed by atoms with Gasteiger partial charge in [-0.1, -0.05) is 34.2 Å². The molecule has 0 heterocycles. The lowest BCUT2D eigenvalue weighted by molar-refractivity contribution is 0.874. The zero-order valence-corrected chi connectivity index (χ0v) is 7.02. The van der Waals surface area contributed by atoms with Crippen LogP contribution in [0.3, 0.4) is 0 Å². The summed E-state index contributed by atoms with van der Waals surface area (Å²) in [6.07, 6.45) is 10.6. The summed E-state index contributed by atoms with van der Waals surface area (Å²) in [5.41, 5.74) is 1.42. The van der Waals surface area contributed by atoms with Crippen molar-refractivity contribution >= 4 is 15.9 Å². The van der Waals surface area contributed by atoms with Crippen LogP contribution in [-0.4, -0.2) is 5.33 Å². The molecule has 0 fully saturated rings. The van der Waals surface area contributed by atoms with Crippen LogP contribution in [-0.2, 0) is 0 Å². The standard InChI is InChI=1S/C8H11Br/c9-7-8-5-3-1-2-4-6-8/h3,5-6H,1-2,4,7H2. The number of hydrogen-bond donors (Lipinski definition) is 0. The molecular weight excluding hydrogens is 176 g/mol. The van der Waals surface area contributed by atoms with Gasteiger partial charge >= 0.3 is 0 Å². The van der Waals surface area contributed by atoms with E-state index in [0.717, 1.165) is 5.33 Å². The Morgan fingerprint density at radius 1 is 1.44 bits per heavy atom. The van der Waals surface area contributed by atoms with E-state index in [1.165, 1.54) is 24.8 Å². The molecule has 0 unspecified atom stereocenters. The molecule has 0 aliphatic heterocycles. The summed E-state index contributed by atoms with van der Waals surface area (Å²) in [6.45, 7) is 0. The van der Waals surface area contributed by atoms with E-state index >= 15 is 0 Å². The van der Waals surface area contributed by atoms with E-state index in [4.69, 9.17) is 0 Å². The van der Waals surface area contributed by atoms with Crippen molar-refractivity contribution in [3.05, 3.63) is 23.8 Å².